The fraction of sp³-hybridized carbons (Fsp3) is 0.295. The third kappa shape index (κ3) is 9.34. The Morgan fingerprint density at radius 2 is 1.33 bits per heavy atom. The van der Waals surface area contributed by atoms with Crippen LogP contribution in [0.25, 0.3) is 0 Å². The lowest BCUT2D eigenvalue weighted by molar-refractivity contribution is 0.171. The van der Waals surface area contributed by atoms with E-state index in [1.165, 1.54) is 11.9 Å². The van der Waals surface area contributed by atoms with Crippen molar-refractivity contribution in [1.82, 2.24) is 24.7 Å². The lowest BCUT2D eigenvalue weighted by Crippen LogP contribution is -2.37. The van der Waals surface area contributed by atoms with E-state index < -0.39 is 10.8 Å². The van der Waals surface area contributed by atoms with Crippen LogP contribution in [0.15, 0.2) is 116 Å². The summed E-state index contributed by atoms with van der Waals surface area (Å²) in [6.45, 7) is 8.08. The predicted octanol–water partition coefficient (Wildman–Crippen LogP) is 6.99. The highest BCUT2D eigenvalue weighted by molar-refractivity contribution is 7.85. The minimum Gasteiger partial charge on any atom is -0.482 e. The van der Waals surface area contributed by atoms with E-state index in [0.717, 1.165) is 59.0 Å². The molecule has 276 valence electrons. The first-order valence-electron chi connectivity index (χ1n) is 18.4. The number of hydrogen-bond acceptors (Lipinski definition) is 7. The number of urea groups is 1. The smallest absolute Gasteiger partial charge is 0.321 e. The zero-order valence-electron chi connectivity index (χ0n) is 30.8. The van der Waals surface area contributed by atoms with Gasteiger partial charge in [-0.3, -0.25) is 9.11 Å². The lowest BCUT2D eigenvalue weighted by atomic mass is 10.0. The SMILES string of the molecule is CC(C)N1C(=O)N(Cc2ncnc(OCc3ccccc3)c2OCc2ccccc2)CC1c1ccc(C#Cc2ccc(CN3CCS(=O)CC3)cc2)cc1. The zero-order chi connectivity index (χ0) is 37.3. The summed E-state index contributed by atoms with van der Waals surface area (Å²) < 4.78 is 24.2. The van der Waals surface area contributed by atoms with Crippen molar-refractivity contribution in [2.45, 2.75) is 52.2 Å². The Morgan fingerprint density at radius 1 is 0.741 bits per heavy atom. The second kappa shape index (κ2) is 17.5. The van der Waals surface area contributed by atoms with E-state index in [-0.39, 0.29) is 24.7 Å². The number of carbonyl (C=O) groups excluding carboxylic acids is 1. The van der Waals surface area contributed by atoms with E-state index in [4.69, 9.17) is 9.47 Å². The molecule has 1 aromatic heterocycles. The molecule has 0 N–H and O–H groups in total. The Hall–Kier alpha value is -5.50. The Balaban J connectivity index is 1.04. The Labute approximate surface area is 320 Å². The highest BCUT2D eigenvalue weighted by atomic mass is 32.2. The van der Waals surface area contributed by atoms with Crippen LogP contribution in [0.5, 0.6) is 11.6 Å². The molecule has 1 unspecified atom stereocenters. The highest BCUT2D eigenvalue weighted by Gasteiger charge is 2.40. The van der Waals surface area contributed by atoms with Gasteiger partial charge in [-0.05, 0) is 60.4 Å². The summed E-state index contributed by atoms with van der Waals surface area (Å²) in [5.41, 5.74) is 6.74. The molecule has 2 aliphatic rings. The third-order valence-corrected chi connectivity index (χ3v) is 11.0. The fourth-order valence-corrected chi connectivity index (χ4v) is 7.89. The minimum absolute atomic E-state index is 0.0159. The van der Waals surface area contributed by atoms with Gasteiger partial charge in [0.05, 0.1) is 12.6 Å². The molecule has 9 nitrogen and oxygen atoms in total. The molecule has 5 aromatic rings. The molecule has 2 aliphatic heterocycles. The number of nitrogens with zero attached hydrogens (tertiary/aromatic N) is 5. The average molecular weight is 740 g/mol. The second-order valence-corrected chi connectivity index (χ2v) is 15.6. The highest BCUT2D eigenvalue weighted by Crippen LogP contribution is 2.35. The first kappa shape index (κ1) is 36.8. The lowest BCUT2D eigenvalue weighted by Gasteiger charge is -2.27. The van der Waals surface area contributed by atoms with Gasteiger partial charge in [0.25, 0.3) is 5.88 Å². The molecule has 0 saturated carbocycles. The van der Waals surface area contributed by atoms with E-state index in [1.54, 1.807) is 0 Å². The van der Waals surface area contributed by atoms with Gasteiger partial charge < -0.3 is 19.3 Å². The summed E-state index contributed by atoms with van der Waals surface area (Å²) in [6, 6.07) is 36.2. The molecule has 54 heavy (non-hydrogen) atoms. The molecule has 7 rings (SSSR count). The Morgan fingerprint density at radius 3 is 1.94 bits per heavy atom. The van der Waals surface area contributed by atoms with Crippen LogP contribution in [0, 0.1) is 11.8 Å². The van der Waals surface area contributed by atoms with Crippen molar-refractivity contribution >= 4 is 16.8 Å². The van der Waals surface area contributed by atoms with Crippen LogP contribution in [-0.2, 0) is 37.1 Å². The second-order valence-electron chi connectivity index (χ2n) is 13.9. The first-order chi connectivity index (χ1) is 26.4. The molecule has 3 heterocycles. The molecular formula is C44H45N5O4S. The molecule has 2 amide bonds. The molecule has 1 atom stereocenters. The summed E-state index contributed by atoms with van der Waals surface area (Å²) in [4.78, 5) is 29.2. The summed E-state index contributed by atoms with van der Waals surface area (Å²) in [7, 11) is -0.666. The minimum atomic E-state index is -0.666. The van der Waals surface area contributed by atoms with Gasteiger partial charge in [0.15, 0.2) is 0 Å². The average Bonchev–Trinajstić information content (AvgIpc) is 3.53. The number of rotatable bonds is 12. The van der Waals surface area contributed by atoms with Gasteiger partial charge >= 0.3 is 6.03 Å². The normalized spacial score (nSPS) is 16.4. The quantitative estimate of drug-likeness (QED) is 0.128. The zero-order valence-corrected chi connectivity index (χ0v) is 31.6. The van der Waals surface area contributed by atoms with Crippen molar-refractivity contribution in [3.05, 3.63) is 155 Å². The summed E-state index contributed by atoms with van der Waals surface area (Å²) in [5.74, 6) is 8.88. The molecule has 0 spiro atoms. The number of hydrogen-bond donors (Lipinski definition) is 0. The number of carbonyl (C=O) groups is 1. The topological polar surface area (TPSA) is 88.1 Å². The first-order valence-corrected chi connectivity index (χ1v) is 19.9. The number of ether oxygens (including phenoxy) is 2. The molecule has 0 radical (unpaired) electrons. The molecule has 0 bridgehead atoms. The summed E-state index contributed by atoms with van der Waals surface area (Å²) >= 11 is 0. The maximum Gasteiger partial charge on any atom is 0.321 e. The van der Waals surface area contributed by atoms with Crippen molar-refractivity contribution in [2.24, 2.45) is 0 Å². The monoisotopic (exact) mass is 739 g/mol. The van der Waals surface area contributed by atoms with Crippen molar-refractivity contribution in [1.29, 1.82) is 0 Å². The molecule has 2 saturated heterocycles. The maximum absolute atomic E-state index is 14.0. The predicted molar refractivity (Wildman–Crippen MR) is 211 cm³/mol. The van der Waals surface area contributed by atoms with Gasteiger partial charge in [0.2, 0.25) is 5.75 Å². The van der Waals surface area contributed by atoms with Crippen molar-refractivity contribution in [3.63, 3.8) is 0 Å². The maximum atomic E-state index is 14.0. The van der Waals surface area contributed by atoms with Crippen LogP contribution in [-0.4, -0.2) is 72.1 Å². The molecule has 10 heteroatoms. The van der Waals surface area contributed by atoms with Gasteiger partial charge in [-0.15, -0.1) is 0 Å². The van der Waals surface area contributed by atoms with E-state index in [0.29, 0.717) is 37.1 Å². The van der Waals surface area contributed by atoms with Gasteiger partial charge in [0.1, 0.15) is 25.2 Å². The van der Waals surface area contributed by atoms with Crippen molar-refractivity contribution in [3.8, 4) is 23.5 Å². The van der Waals surface area contributed by atoms with E-state index in [1.807, 2.05) is 96.4 Å². The number of benzene rings is 4. The van der Waals surface area contributed by atoms with Crippen LogP contribution in [0.1, 0.15) is 59.0 Å². The van der Waals surface area contributed by atoms with Crippen LogP contribution in [0.3, 0.4) is 0 Å². The van der Waals surface area contributed by atoms with Gasteiger partial charge in [-0.1, -0.05) is 96.8 Å². The molecule has 4 aromatic carbocycles. The van der Waals surface area contributed by atoms with Crippen molar-refractivity contribution < 1.29 is 18.5 Å². The fourth-order valence-electron chi connectivity index (χ4n) is 6.76. The Bertz CT molecular complexity index is 2090. The standard InChI is InChI=1S/C44H45N5O4S/c1-33(2)49-41(39-21-19-35(20-22-39)14-13-34-15-17-36(18-16-34)27-47-23-25-54(51)26-24-47)29-48(44(49)50)28-40-42(52-30-37-9-5-3-6-10-37)43(46-32-45-40)53-31-38-11-7-4-8-12-38/h3-12,15-22,32-33,41H,23-31H2,1-2H3. The van der Waals surface area contributed by atoms with Crippen LogP contribution >= 0.6 is 0 Å². The van der Waals surface area contributed by atoms with Crippen LogP contribution < -0.4 is 9.47 Å². The van der Waals surface area contributed by atoms with Crippen LogP contribution in [0.2, 0.25) is 0 Å². The summed E-state index contributed by atoms with van der Waals surface area (Å²) in [5, 5.41) is 0. The number of aromatic nitrogens is 2. The molecule has 2 fully saturated rings. The molecule has 0 aliphatic carbocycles. The largest absolute Gasteiger partial charge is 0.482 e. The third-order valence-electron chi connectivity index (χ3n) is 9.68. The van der Waals surface area contributed by atoms with E-state index >= 15 is 0 Å². The van der Waals surface area contributed by atoms with E-state index in [9.17, 15) is 9.00 Å². The summed E-state index contributed by atoms with van der Waals surface area (Å²) in [6.07, 6.45) is 1.47. The van der Waals surface area contributed by atoms with Gasteiger partial charge in [-0.25, -0.2) is 9.78 Å². The van der Waals surface area contributed by atoms with Crippen LogP contribution in [0.4, 0.5) is 4.79 Å². The Kier molecular flexibility index (Phi) is 12.0. The van der Waals surface area contributed by atoms with Gasteiger partial charge in [0, 0.05) is 65.7 Å². The van der Waals surface area contributed by atoms with Crippen molar-refractivity contribution in [2.75, 3.05) is 31.1 Å². The number of amides is 2. The van der Waals surface area contributed by atoms with E-state index in [2.05, 4.69) is 63.1 Å². The van der Waals surface area contributed by atoms with Gasteiger partial charge in [-0.2, -0.15) is 4.98 Å². The molecular weight excluding hydrogens is 695 g/mol.